The van der Waals surface area contributed by atoms with Crippen LogP contribution in [0.25, 0.3) is 11.4 Å². The van der Waals surface area contributed by atoms with Crippen LogP contribution in [0.1, 0.15) is 19.4 Å². The summed E-state index contributed by atoms with van der Waals surface area (Å²) in [5.41, 5.74) is 1.17. The number of anilines is 1. The second kappa shape index (κ2) is 6.13. The molecule has 20 heavy (non-hydrogen) atoms. The third-order valence-corrected chi connectivity index (χ3v) is 3.24. The molecule has 6 heteroatoms. The predicted octanol–water partition coefficient (Wildman–Crippen LogP) is 3.49. The molecule has 0 saturated heterocycles. The summed E-state index contributed by atoms with van der Waals surface area (Å²) in [7, 11) is 0. The Morgan fingerprint density at radius 3 is 2.45 bits per heavy atom. The summed E-state index contributed by atoms with van der Waals surface area (Å²) in [6.07, 6.45) is 0. The van der Waals surface area contributed by atoms with Gasteiger partial charge in [0.2, 0.25) is 11.2 Å². The fourth-order valence-corrected chi connectivity index (χ4v) is 2.00. The first kappa shape index (κ1) is 14.7. The highest BCUT2D eigenvalue weighted by molar-refractivity contribution is 6.28. The van der Waals surface area contributed by atoms with Gasteiger partial charge in [-0.2, -0.15) is 15.0 Å². The minimum absolute atomic E-state index is 0.109. The lowest BCUT2D eigenvalue weighted by Crippen LogP contribution is -2.24. The van der Waals surface area contributed by atoms with Gasteiger partial charge in [0, 0.05) is 18.7 Å². The van der Waals surface area contributed by atoms with Crippen molar-refractivity contribution in [3.63, 3.8) is 0 Å². The Labute approximate surface area is 122 Å². The highest BCUT2D eigenvalue weighted by Gasteiger charge is 2.12. The fourth-order valence-electron chi connectivity index (χ4n) is 1.85. The molecule has 2 aromatic rings. The minimum atomic E-state index is -0.288. The van der Waals surface area contributed by atoms with Gasteiger partial charge < -0.3 is 4.90 Å². The zero-order valence-electron chi connectivity index (χ0n) is 11.7. The van der Waals surface area contributed by atoms with Crippen LogP contribution in [-0.4, -0.2) is 28.0 Å². The summed E-state index contributed by atoms with van der Waals surface area (Å²) in [6, 6.07) is 4.88. The van der Waals surface area contributed by atoms with E-state index in [1.165, 1.54) is 6.07 Å². The molecule has 0 unspecified atom stereocenters. The second-order valence-electron chi connectivity index (χ2n) is 4.36. The van der Waals surface area contributed by atoms with Gasteiger partial charge in [-0.05, 0) is 44.0 Å². The van der Waals surface area contributed by atoms with Gasteiger partial charge in [0.25, 0.3) is 0 Å². The molecule has 0 amide bonds. The molecule has 0 bridgehead atoms. The third kappa shape index (κ3) is 3.04. The van der Waals surface area contributed by atoms with E-state index in [0.29, 0.717) is 22.9 Å². The molecular formula is C14H16ClFN4. The number of rotatable bonds is 4. The SMILES string of the molecule is CCN(CC)c1nc(Cl)nc(-c2ccc(C)c(F)c2)n1. The molecular weight excluding hydrogens is 279 g/mol. The van der Waals surface area contributed by atoms with Crippen molar-refractivity contribution in [3.05, 3.63) is 34.9 Å². The quantitative estimate of drug-likeness (QED) is 0.866. The van der Waals surface area contributed by atoms with Gasteiger partial charge in [-0.3, -0.25) is 0 Å². The van der Waals surface area contributed by atoms with Crippen molar-refractivity contribution >= 4 is 17.5 Å². The van der Waals surface area contributed by atoms with E-state index in [1.54, 1.807) is 19.1 Å². The molecule has 0 fully saturated rings. The fraction of sp³-hybridized carbons (Fsp3) is 0.357. The number of aromatic nitrogens is 3. The lowest BCUT2D eigenvalue weighted by Gasteiger charge is -2.18. The number of benzene rings is 1. The van der Waals surface area contributed by atoms with E-state index >= 15 is 0 Å². The van der Waals surface area contributed by atoms with Crippen molar-refractivity contribution in [3.8, 4) is 11.4 Å². The number of hydrogen-bond donors (Lipinski definition) is 0. The lowest BCUT2D eigenvalue weighted by atomic mass is 10.1. The first-order valence-corrected chi connectivity index (χ1v) is 6.86. The monoisotopic (exact) mass is 294 g/mol. The smallest absolute Gasteiger partial charge is 0.230 e. The van der Waals surface area contributed by atoms with Gasteiger partial charge in [0.1, 0.15) is 5.82 Å². The normalized spacial score (nSPS) is 10.7. The molecule has 0 aliphatic heterocycles. The van der Waals surface area contributed by atoms with Crippen LogP contribution in [0.2, 0.25) is 5.28 Å². The van der Waals surface area contributed by atoms with E-state index in [-0.39, 0.29) is 11.1 Å². The highest BCUT2D eigenvalue weighted by Crippen LogP contribution is 2.21. The zero-order valence-corrected chi connectivity index (χ0v) is 12.4. The molecule has 1 aromatic heterocycles. The Morgan fingerprint density at radius 2 is 1.85 bits per heavy atom. The summed E-state index contributed by atoms with van der Waals surface area (Å²) in [5, 5.41) is 0.109. The molecule has 0 saturated carbocycles. The summed E-state index contributed by atoms with van der Waals surface area (Å²) in [5.74, 6) is 0.597. The summed E-state index contributed by atoms with van der Waals surface area (Å²) < 4.78 is 13.6. The Morgan fingerprint density at radius 1 is 1.15 bits per heavy atom. The number of halogens is 2. The molecule has 0 radical (unpaired) electrons. The maximum atomic E-state index is 13.6. The second-order valence-corrected chi connectivity index (χ2v) is 4.70. The maximum absolute atomic E-state index is 13.6. The van der Waals surface area contributed by atoms with E-state index in [4.69, 9.17) is 11.6 Å². The van der Waals surface area contributed by atoms with Crippen LogP contribution in [0.15, 0.2) is 18.2 Å². The molecule has 0 aliphatic rings. The summed E-state index contributed by atoms with van der Waals surface area (Å²) >= 11 is 5.95. The van der Waals surface area contributed by atoms with Crippen LogP contribution in [-0.2, 0) is 0 Å². The molecule has 1 aromatic carbocycles. The summed E-state index contributed by atoms with van der Waals surface area (Å²) in [4.78, 5) is 14.5. The van der Waals surface area contributed by atoms with Gasteiger partial charge in [-0.25, -0.2) is 4.39 Å². The first-order chi connectivity index (χ1) is 9.55. The Hall–Kier alpha value is -1.75. The zero-order chi connectivity index (χ0) is 14.7. The van der Waals surface area contributed by atoms with Crippen LogP contribution in [0.4, 0.5) is 10.3 Å². The van der Waals surface area contributed by atoms with Crippen molar-refractivity contribution in [2.24, 2.45) is 0 Å². The van der Waals surface area contributed by atoms with E-state index in [0.717, 1.165) is 13.1 Å². The number of nitrogens with zero attached hydrogens (tertiary/aromatic N) is 4. The van der Waals surface area contributed by atoms with E-state index in [1.807, 2.05) is 18.7 Å². The number of aryl methyl sites for hydroxylation is 1. The Balaban J connectivity index is 2.48. The van der Waals surface area contributed by atoms with Crippen LogP contribution in [0.5, 0.6) is 0 Å². The van der Waals surface area contributed by atoms with Crippen molar-refractivity contribution in [2.45, 2.75) is 20.8 Å². The van der Waals surface area contributed by atoms with Crippen molar-refractivity contribution in [2.75, 3.05) is 18.0 Å². The molecule has 0 spiro atoms. The topological polar surface area (TPSA) is 41.9 Å². The van der Waals surface area contributed by atoms with Crippen LogP contribution >= 0.6 is 11.6 Å². The molecule has 1 heterocycles. The molecule has 0 atom stereocenters. The van der Waals surface area contributed by atoms with Crippen LogP contribution in [0, 0.1) is 12.7 Å². The lowest BCUT2D eigenvalue weighted by molar-refractivity contribution is 0.619. The van der Waals surface area contributed by atoms with Crippen LogP contribution in [0.3, 0.4) is 0 Å². The molecule has 2 rings (SSSR count). The largest absolute Gasteiger partial charge is 0.341 e. The van der Waals surface area contributed by atoms with E-state index in [2.05, 4.69) is 15.0 Å². The van der Waals surface area contributed by atoms with Crippen molar-refractivity contribution in [1.82, 2.24) is 15.0 Å². The Kier molecular flexibility index (Phi) is 4.49. The third-order valence-electron chi connectivity index (χ3n) is 3.07. The van der Waals surface area contributed by atoms with Crippen LogP contribution < -0.4 is 4.90 Å². The molecule has 0 N–H and O–H groups in total. The van der Waals surface area contributed by atoms with Crippen molar-refractivity contribution < 1.29 is 4.39 Å². The molecule has 4 nitrogen and oxygen atoms in total. The van der Waals surface area contributed by atoms with Gasteiger partial charge in [0.05, 0.1) is 0 Å². The highest BCUT2D eigenvalue weighted by atomic mass is 35.5. The predicted molar refractivity (Wildman–Crippen MR) is 78.5 cm³/mol. The maximum Gasteiger partial charge on any atom is 0.230 e. The number of hydrogen-bond acceptors (Lipinski definition) is 4. The van der Waals surface area contributed by atoms with Gasteiger partial charge in [-0.15, -0.1) is 0 Å². The standard InChI is InChI=1S/C14H16ClFN4/c1-4-20(5-2)14-18-12(17-13(15)19-14)10-7-6-9(3)11(16)8-10/h6-8H,4-5H2,1-3H3. The van der Waals surface area contributed by atoms with Crippen molar-refractivity contribution in [1.29, 1.82) is 0 Å². The average Bonchev–Trinajstić information content (AvgIpc) is 2.42. The molecule has 106 valence electrons. The molecule has 0 aliphatic carbocycles. The van der Waals surface area contributed by atoms with E-state index in [9.17, 15) is 4.39 Å². The minimum Gasteiger partial charge on any atom is -0.341 e. The first-order valence-electron chi connectivity index (χ1n) is 6.48. The Bertz CT molecular complexity index is 614. The van der Waals surface area contributed by atoms with E-state index < -0.39 is 0 Å². The van der Waals surface area contributed by atoms with Gasteiger partial charge in [0.15, 0.2) is 5.82 Å². The van der Waals surface area contributed by atoms with Gasteiger partial charge >= 0.3 is 0 Å². The average molecular weight is 295 g/mol. The van der Waals surface area contributed by atoms with Gasteiger partial charge in [-0.1, -0.05) is 12.1 Å². The summed E-state index contributed by atoms with van der Waals surface area (Å²) in [6.45, 7) is 7.25.